The number of alkyl halides is 3. The van der Waals surface area contributed by atoms with Crippen LogP contribution in [0, 0.1) is 18.8 Å². The van der Waals surface area contributed by atoms with E-state index in [1.165, 1.54) is 30.2 Å². The minimum atomic E-state index is -4.87. The number of aromatic nitrogens is 4. The summed E-state index contributed by atoms with van der Waals surface area (Å²) in [7, 11) is 2.13. The third-order valence-electron chi connectivity index (χ3n) is 6.48. The molecule has 0 bridgehead atoms. The molecule has 3 aromatic heterocycles. The summed E-state index contributed by atoms with van der Waals surface area (Å²) in [5.74, 6) is 4.70. The lowest BCUT2D eigenvalue weighted by molar-refractivity contribution is -0.276. The van der Waals surface area contributed by atoms with Crippen LogP contribution in [0.5, 0.6) is 5.88 Å². The van der Waals surface area contributed by atoms with Gasteiger partial charge in [-0.05, 0) is 55.3 Å². The Morgan fingerprint density at radius 3 is 2.60 bits per heavy atom. The van der Waals surface area contributed by atoms with Gasteiger partial charge in [0.05, 0.1) is 11.8 Å². The lowest BCUT2D eigenvalue weighted by Crippen LogP contribution is -2.43. The van der Waals surface area contributed by atoms with E-state index in [9.17, 15) is 18.0 Å². The van der Waals surface area contributed by atoms with Crippen LogP contribution >= 0.6 is 0 Å². The molecule has 0 atom stereocenters. The molecule has 9 nitrogen and oxygen atoms in total. The van der Waals surface area contributed by atoms with Gasteiger partial charge >= 0.3 is 6.36 Å². The van der Waals surface area contributed by atoms with Crippen LogP contribution in [-0.2, 0) is 6.54 Å². The Hall–Kier alpha value is -4.47. The minimum absolute atomic E-state index is 0.240. The second kappa shape index (κ2) is 11.3. The molecule has 40 heavy (non-hydrogen) atoms. The van der Waals surface area contributed by atoms with Gasteiger partial charge in [-0.15, -0.1) is 18.3 Å². The van der Waals surface area contributed by atoms with Crippen LogP contribution in [-0.4, -0.2) is 74.9 Å². The maximum absolute atomic E-state index is 12.9. The molecule has 0 spiro atoms. The maximum atomic E-state index is 12.9. The Kier molecular flexibility index (Phi) is 7.68. The lowest BCUT2D eigenvalue weighted by atomic mass is 10.1. The molecule has 1 aliphatic rings. The van der Waals surface area contributed by atoms with Gasteiger partial charge in [0.15, 0.2) is 5.65 Å². The number of carbonyl (C=O) groups is 1. The zero-order valence-electron chi connectivity index (χ0n) is 21.9. The van der Waals surface area contributed by atoms with E-state index < -0.39 is 12.2 Å². The molecule has 0 aliphatic carbocycles. The van der Waals surface area contributed by atoms with Crippen LogP contribution in [0.3, 0.4) is 0 Å². The molecule has 1 N–H and O–H groups in total. The molecule has 0 radical (unpaired) electrons. The summed E-state index contributed by atoms with van der Waals surface area (Å²) in [6.45, 7) is 7.07. The number of rotatable bonds is 5. The van der Waals surface area contributed by atoms with E-state index >= 15 is 0 Å². The van der Waals surface area contributed by atoms with Crippen molar-refractivity contribution in [2.24, 2.45) is 0 Å². The van der Waals surface area contributed by atoms with E-state index in [0.29, 0.717) is 22.5 Å². The summed E-state index contributed by atoms with van der Waals surface area (Å²) in [4.78, 5) is 25.9. The van der Waals surface area contributed by atoms with Gasteiger partial charge < -0.3 is 15.0 Å². The predicted octanol–water partition coefficient (Wildman–Crippen LogP) is 3.73. The first-order valence-electron chi connectivity index (χ1n) is 12.5. The predicted molar refractivity (Wildman–Crippen MR) is 142 cm³/mol. The van der Waals surface area contributed by atoms with Crippen molar-refractivity contribution in [2.45, 2.75) is 19.8 Å². The van der Waals surface area contributed by atoms with Gasteiger partial charge in [0.2, 0.25) is 5.88 Å². The monoisotopic (exact) mass is 549 g/mol. The minimum Gasteiger partial charge on any atom is -0.386 e. The average molecular weight is 550 g/mol. The van der Waals surface area contributed by atoms with E-state index in [-0.39, 0.29) is 11.6 Å². The zero-order valence-corrected chi connectivity index (χ0v) is 21.9. The third kappa shape index (κ3) is 6.74. The summed E-state index contributed by atoms with van der Waals surface area (Å²) < 4.78 is 42.7. The van der Waals surface area contributed by atoms with Crippen molar-refractivity contribution in [3.05, 3.63) is 82.9 Å². The molecule has 206 valence electrons. The number of halogens is 3. The van der Waals surface area contributed by atoms with E-state index in [0.717, 1.165) is 48.9 Å². The van der Waals surface area contributed by atoms with Crippen LogP contribution in [0.1, 0.15) is 32.7 Å². The molecular weight excluding hydrogens is 523 g/mol. The normalized spacial score (nSPS) is 14.5. The first-order valence-corrected chi connectivity index (χ1v) is 12.5. The number of piperazine rings is 1. The van der Waals surface area contributed by atoms with Gasteiger partial charge in [0.1, 0.15) is 5.69 Å². The topological polar surface area (TPSA) is 87.9 Å². The molecule has 5 rings (SSSR count). The molecule has 1 amide bonds. The molecule has 1 saturated heterocycles. The summed E-state index contributed by atoms with van der Waals surface area (Å²) in [6.07, 6.45) is -0.570. The van der Waals surface area contributed by atoms with Gasteiger partial charge in [-0.1, -0.05) is 12.0 Å². The number of ether oxygens (including phenoxy) is 1. The summed E-state index contributed by atoms with van der Waals surface area (Å²) in [6, 6.07) is 9.88. The zero-order chi connectivity index (χ0) is 28.3. The van der Waals surface area contributed by atoms with Crippen molar-refractivity contribution in [3.63, 3.8) is 0 Å². The van der Waals surface area contributed by atoms with Gasteiger partial charge in [-0.2, -0.15) is 0 Å². The number of nitrogens with one attached hydrogen (secondary N) is 1. The second-order valence-electron chi connectivity index (χ2n) is 9.52. The number of fused-ring (bicyclic) bond motifs is 1. The highest BCUT2D eigenvalue weighted by molar-refractivity contribution is 6.04. The average Bonchev–Trinajstić information content (AvgIpc) is 3.31. The fourth-order valence-electron chi connectivity index (χ4n) is 4.28. The van der Waals surface area contributed by atoms with Gasteiger partial charge in [0.25, 0.3) is 5.91 Å². The van der Waals surface area contributed by atoms with E-state index in [1.54, 1.807) is 6.07 Å². The Morgan fingerprint density at radius 1 is 1.05 bits per heavy atom. The van der Waals surface area contributed by atoms with Gasteiger partial charge in [-0.25, -0.2) is 9.50 Å². The molecule has 12 heteroatoms. The first kappa shape index (κ1) is 27.1. The van der Waals surface area contributed by atoms with Crippen molar-refractivity contribution < 1.29 is 22.7 Å². The number of pyridine rings is 1. The Bertz CT molecular complexity index is 1600. The van der Waals surface area contributed by atoms with Crippen molar-refractivity contribution in [3.8, 4) is 17.7 Å². The van der Waals surface area contributed by atoms with Crippen molar-refractivity contribution >= 4 is 17.2 Å². The number of hydrogen-bond acceptors (Lipinski definition) is 7. The molecule has 1 aliphatic heterocycles. The Labute approximate surface area is 228 Å². The van der Waals surface area contributed by atoms with Crippen LogP contribution in [0.25, 0.3) is 5.65 Å². The highest BCUT2D eigenvalue weighted by Crippen LogP contribution is 2.21. The van der Waals surface area contributed by atoms with Gasteiger partial charge in [0, 0.05) is 62.4 Å². The third-order valence-corrected chi connectivity index (χ3v) is 6.48. The smallest absolute Gasteiger partial charge is 0.386 e. The van der Waals surface area contributed by atoms with Crippen LogP contribution in [0.15, 0.2) is 55.0 Å². The fourth-order valence-corrected chi connectivity index (χ4v) is 4.28. The number of imidazole rings is 1. The lowest BCUT2D eigenvalue weighted by Gasteiger charge is -2.32. The summed E-state index contributed by atoms with van der Waals surface area (Å²) in [5.41, 5.74) is 4.28. The van der Waals surface area contributed by atoms with Crippen molar-refractivity contribution in [1.82, 2.24) is 29.4 Å². The van der Waals surface area contributed by atoms with Crippen molar-refractivity contribution in [2.75, 3.05) is 38.5 Å². The highest BCUT2D eigenvalue weighted by Gasteiger charge is 2.32. The number of nitrogens with zero attached hydrogens (tertiary/aromatic N) is 6. The maximum Gasteiger partial charge on any atom is 0.574 e. The van der Waals surface area contributed by atoms with E-state index in [1.807, 2.05) is 25.1 Å². The number of carbonyl (C=O) groups excluding carboxylic acids is 1. The first-order chi connectivity index (χ1) is 19.1. The molecular formula is C28H26F3N7O2. The second-order valence-corrected chi connectivity index (χ2v) is 9.52. The van der Waals surface area contributed by atoms with Gasteiger partial charge in [-0.3, -0.25) is 14.7 Å². The molecule has 0 saturated carbocycles. The van der Waals surface area contributed by atoms with Crippen LogP contribution in [0.4, 0.5) is 18.9 Å². The van der Waals surface area contributed by atoms with Crippen molar-refractivity contribution in [1.29, 1.82) is 0 Å². The van der Waals surface area contributed by atoms with Crippen LogP contribution < -0.4 is 10.1 Å². The number of benzene rings is 1. The Balaban J connectivity index is 1.27. The van der Waals surface area contributed by atoms with Crippen LogP contribution in [0.2, 0.25) is 0 Å². The highest BCUT2D eigenvalue weighted by atomic mass is 19.4. The summed E-state index contributed by atoms with van der Waals surface area (Å²) in [5, 5.41) is 6.70. The quantitative estimate of drug-likeness (QED) is 0.380. The standard InChI is InChI=1S/C28H26F3N7O2/c1-19-13-23(5-4-21(19)18-37-11-9-36(2)10-12-37)34-27(39)22-14-20(15-32-16-22)3-6-24-17-33-25-7-8-26(35-38(24)25)40-28(29,30)31/h4-5,7-8,13-17H,9-12,18H2,1-2H3,(H,34,39). The number of likely N-dealkylation sites (N-methyl/N-ethyl adjacent to an activating group) is 1. The number of amides is 1. The number of aryl methyl sites for hydroxylation is 1. The Morgan fingerprint density at radius 2 is 1.85 bits per heavy atom. The summed E-state index contributed by atoms with van der Waals surface area (Å²) >= 11 is 0. The number of hydrogen-bond donors (Lipinski definition) is 1. The molecule has 4 aromatic rings. The largest absolute Gasteiger partial charge is 0.574 e. The molecule has 4 heterocycles. The van der Waals surface area contributed by atoms with E-state index in [4.69, 9.17) is 0 Å². The molecule has 1 aromatic carbocycles. The molecule has 1 fully saturated rings. The fraction of sp³-hybridized carbons (Fsp3) is 0.286. The van der Waals surface area contributed by atoms with E-state index in [2.05, 4.69) is 53.8 Å². The molecule has 0 unspecified atom stereocenters. The number of anilines is 1. The SMILES string of the molecule is Cc1cc(NC(=O)c2cncc(C#Cc3cnc4ccc(OC(F)(F)F)nn34)c2)ccc1CN1CCN(C)CC1.